The lowest BCUT2D eigenvalue weighted by atomic mass is 9.82. The maximum atomic E-state index is 12.6. The summed E-state index contributed by atoms with van der Waals surface area (Å²) in [6.45, 7) is 0.608. The van der Waals surface area contributed by atoms with Crippen LogP contribution in [0.3, 0.4) is 0 Å². The minimum absolute atomic E-state index is 0.00868. The van der Waals surface area contributed by atoms with Crippen LogP contribution in [-0.4, -0.2) is 22.4 Å². The van der Waals surface area contributed by atoms with E-state index in [1.807, 2.05) is 30.3 Å². The van der Waals surface area contributed by atoms with Crippen molar-refractivity contribution in [1.29, 1.82) is 0 Å². The molecule has 122 valence electrons. The first-order valence-electron chi connectivity index (χ1n) is 8.60. The quantitative estimate of drug-likeness (QED) is 0.775. The van der Waals surface area contributed by atoms with Crippen molar-refractivity contribution in [3.8, 4) is 0 Å². The molecule has 3 aromatic rings. The molecule has 1 unspecified atom stereocenters. The minimum Gasteiger partial charge on any atom is -0.355 e. The van der Waals surface area contributed by atoms with Gasteiger partial charge in [0.2, 0.25) is 5.91 Å². The van der Waals surface area contributed by atoms with Gasteiger partial charge in [0.15, 0.2) is 0 Å². The summed E-state index contributed by atoms with van der Waals surface area (Å²) >= 11 is 0. The van der Waals surface area contributed by atoms with Crippen LogP contribution in [0.2, 0.25) is 0 Å². The maximum Gasteiger partial charge on any atom is 0.227 e. The van der Waals surface area contributed by atoms with Gasteiger partial charge < -0.3 is 10.3 Å². The number of carbonyl (C=O) groups excluding carboxylic acids is 1. The number of rotatable bonds is 4. The van der Waals surface area contributed by atoms with Gasteiger partial charge in [0.05, 0.1) is 17.0 Å². The predicted octanol–water partition coefficient (Wildman–Crippen LogP) is 3.34. The van der Waals surface area contributed by atoms with Crippen molar-refractivity contribution >= 4 is 16.9 Å². The molecule has 1 amide bonds. The summed E-state index contributed by atoms with van der Waals surface area (Å²) in [6.07, 6.45) is 3.82. The second-order valence-corrected chi connectivity index (χ2v) is 6.39. The number of aromatic nitrogens is 2. The molecule has 1 aromatic heterocycles. The molecule has 4 heteroatoms. The predicted molar refractivity (Wildman–Crippen MR) is 94.9 cm³/mol. The van der Waals surface area contributed by atoms with Gasteiger partial charge in [-0.05, 0) is 42.5 Å². The van der Waals surface area contributed by atoms with Crippen LogP contribution in [0.5, 0.6) is 0 Å². The first-order valence-corrected chi connectivity index (χ1v) is 8.60. The number of nitrogens with one attached hydrogen (secondary N) is 2. The Balaban J connectivity index is 1.39. The van der Waals surface area contributed by atoms with E-state index in [2.05, 4.69) is 33.5 Å². The van der Waals surface area contributed by atoms with Crippen molar-refractivity contribution in [2.24, 2.45) is 0 Å². The molecule has 4 nitrogen and oxygen atoms in total. The fraction of sp³-hybridized carbons (Fsp3) is 0.300. The molecule has 0 bridgehead atoms. The average molecular weight is 319 g/mol. The number of benzene rings is 2. The van der Waals surface area contributed by atoms with E-state index in [9.17, 15) is 4.79 Å². The number of imidazole rings is 1. The number of carbonyl (C=O) groups is 1. The Bertz CT molecular complexity index is 835. The van der Waals surface area contributed by atoms with Crippen molar-refractivity contribution < 1.29 is 4.79 Å². The normalized spacial score (nSPS) is 16.8. The van der Waals surface area contributed by atoms with E-state index in [-0.39, 0.29) is 11.8 Å². The van der Waals surface area contributed by atoms with E-state index in [0.29, 0.717) is 6.54 Å². The van der Waals surface area contributed by atoms with Crippen molar-refractivity contribution in [3.63, 3.8) is 0 Å². The Hall–Kier alpha value is -2.62. The topological polar surface area (TPSA) is 57.8 Å². The summed E-state index contributed by atoms with van der Waals surface area (Å²) in [6, 6.07) is 16.3. The number of H-pyrrole nitrogens is 1. The van der Waals surface area contributed by atoms with Crippen LogP contribution in [-0.2, 0) is 17.6 Å². The van der Waals surface area contributed by atoms with Crippen LogP contribution in [0.1, 0.15) is 35.7 Å². The van der Waals surface area contributed by atoms with E-state index in [0.717, 1.165) is 42.5 Å². The molecule has 0 spiro atoms. The molecule has 1 aliphatic carbocycles. The van der Waals surface area contributed by atoms with Gasteiger partial charge in [0.25, 0.3) is 0 Å². The second kappa shape index (κ2) is 6.48. The van der Waals surface area contributed by atoms with Crippen LogP contribution in [0.25, 0.3) is 11.0 Å². The summed E-state index contributed by atoms with van der Waals surface area (Å²) in [5, 5.41) is 3.09. The van der Waals surface area contributed by atoms with Crippen LogP contribution >= 0.6 is 0 Å². The van der Waals surface area contributed by atoms with Crippen LogP contribution in [0, 0.1) is 0 Å². The molecule has 4 rings (SSSR count). The molecule has 1 heterocycles. The van der Waals surface area contributed by atoms with E-state index in [1.54, 1.807) is 0 Å². The van der Waals surface area contributed by atoms with Gasteiger partial charge in [-0.1, -0.05) is 36.4 Å². The fourth-order valence-corrected chi connectivity index (χ4v) is 3.58. The van der Waals surface area contributed by atoms with Gasteiger partial charge >= 0.3 is 0 Å². The summed E-state index contributed by atoms with van der Waals surface area (Å²) in [5.74, 6) is 1.05. The molecule has 2 aromatic carbocycles. The molecule has 0 aliphatic heterocycles. The van der Waals surface area contributed by atoms with E-state index in [1.165, 1.54) is 11.1 Å². The number of aromatic amines is 1. The average Bonchev–Trinajstić information content (AvgIpc) is 3.04. The highest BCUT2D eigenvalue weighted by atomic mass is 16.1. The first kappa shape index (κ1) is 14.9. The van der Waals surface area contributed by atoms with Crippen LogP contribution in [0.4, 0.5) is 0 Å². The van der Waals surface area contributed by atoms with E-state index in [4.69, 9.17) is 0 Å². The molecule has 0 fully saturated rings. The molecule has 24 heavy (non-hydrogen) atoms. The number of fused-ring (bicyclic) bond motifs is 2. The van der Waals surface area contributed by atoms with Gasteiger partial charge in [-0.2, -0.15) is 0 Å². The van der Waals surface area contributed by atoms with E-state index >= 15 is 0 Å². The highest BCUT2D eigenvalue weighted by molar-refractivity contribution is 5.84. The Morgan fingerprint density at radius 3 is 2.92 bits per heavy atom. The highest BCUT2D eigenvalue weighted by Gasteiger charge is 2.25. The van der Waals surface area contributed by atoms with Crippen LogP contribution in [0.15, 0.2) is 48.5 Å². The number of aryl methyl sites for hydroxylation is 1. The van der Waals surface area contributed by atoms with Gasteiger partial charge in [-0.3, -0.25) is 4.79 Å². The van der Waals surface area contributed by atoms with Crippen molar-refractivity contribution in [3.05, 3.63) is 65.5 Å². The summed E-state index contributed by atoms with van der Waals surface area (Å²) in [4.78, 5) is 20.4. The molecule has 0 saturated carbocycles. The number of para-hydroxylation sites is 2. The number of amides is 1. The molecule has 0 saturated heterocycles. The highest BCUT2D eigenvalue weighted by Crippen LogP contribution is 2.31. The zero-order chi connectivity index (χ0) is 16.4. The Morgan fingerprint density at radius 2 is 2.00 bits per heavy atom. The van der Waals surface area contributed by atoms with Gasteiger partial charge in [-0.25, -0.2) is 4.98 Å². The van der Waals surface area contributed by atoms with Gasteiger partial charge in [0.1, 0.15) is 5.82 Å². The number of nitrogens with zero attached hydrogens (tertiary/aromatic N) is 1. The fourth-order valence-electron chi connectivity index (χ4n) is 3.58. The standard InChI is InChI=1S/C20H21N3O/c24-20(16-9-5-7-14-6-1-2-8-15(14)16)21-13-12-19-22-17-10-3-4-11-18(17)23-19/h1-4,6,8,10-11,16H,5,7,9,12-13H2,(H,21,24)(H,22,23). The first-order chi connectivity index (χ1) is 11.8. The molecule has 1 aliphatic rings. The number of hydrogen-bond donors (Lipinski definition) is 2. The zero-order valence-corrected chi connectivity index (χ0v) is 13.6. The third-order valence-corrected chi connectivity index (χ3v) is 4.79. The zero-order valence-electron chi connectivity index (χ0n) is 13.6. The third-order valence-electron chi connectivity index (χ3n) is 4.79. The molecule has 2 N–H and O–H groups in total. The lowest BCUT2D eigenvalue weighted by Gasteiger charge is -2.24. The monoisotopic (exact) mass is 319 g/mol. The third kappa shape index (κ3) is 2.92. The maximum absolute atomic E-state index is 12.6. The summed E-state index contributed by atoms with van der Waals surface area (Å²) in [5.41, 5.74) is 4.53. The lowest BCUT2D eigenvalue weighted by molar-refractivity contribution is -0.122. The number of hydrogen-bond acceptors (Lipinski definition) is 2. The Kier molecular flexibility index (Phi) is 4.03. The van der Waals surface area contributed by atoms with Crippen molar-refractivity contribution in [2.75, 3.05) is 6.54 Å². The molecular formula is C20H21N3O. The molecule has 1 atom stereocenters. The SMILES string of the molecule is O=C(NCCc1nc2ccccc2[nH]1)C1CCCc2ccccc21. The smallest absolute Gasteiger partial charge is 0.227 e. The molecule has 0 radical (unpaired) electrons. The van der Waals surface area contributed by atoms with Gasteiger partial charge in [0, 0.05) is 13.0 Å². The minimum atomic E-state index is -0.00868. The largest absolute Gasteiger partial charge is 0.355 e. The summed E-state index contributed by atoms with van der Waals surface area (Å²) < 4.78 is 0. The Morgan fingerprint density at radius 1 is 1.17 bits per heavy atom. The van der Waals surface area contributed by atoms with Gasteiger partial charge in [-0.15, -0.1) is 0 Å². The van der Waals surface area contributed by atoms with Crippen LogP contribution < -0.4 is 5.32 Å². The van der Waals surface area contributed by atoms with Crippen molar-refractivity contribution in [1.82, 2.24) is 15.3 Å². The molecular weight excluding hydrogens is 298 g/mol. The summed E-state index contributed by atoms with van der Waals surface area (Å²) in [7, 11) is 0. The van der Waals surface area contributed by atoms with E-state index < -0.39 is 0 Å². The van der Waals surface area contributed by atoms with Crippen molar-refractivity contribution in [2.45, 2.75) is 31.6 Å². The second-order valence-electron chi connectivity index (χ2n) is 6.39. The lowest BCUT2D eigenvalue weighted by Crippen LogP contribution is -2.32. The Labute approximate surface area is 141 Å².